The lowest BCUT2D eigenvalue weighted by atomic mass is 9.90. The van der Waals surface area contributed by atoms with Gasteiger partial charge in [0.1, 0.15) is 6.04 Å². The molecule has 2 heterocycles. The number of ether oxygens (including phenoxy) is 1. The summed E-state index contributed by atoms with van der Waals surface area (Å²) in [5.74, 6) is -0.293. The van der Waals surface area contributed by atoms with Crippen molar-refractivity contribution in [1.82, 2.24) is 4.90 Å². The Kier molecular flexibility index (Phi) is 3.07. The fraction of sp³-hybridized carbons (Fsp3) is 0.727. The summed E-state index contributed by atoms with van der Waals surface area (Å²) in [6, 6.07) is -0.280. The molecule has 0 bridgehead atoms. The van der Waals surface area contributed by atoms with Gasteiger partial charge >= 0.3 is 5.97 Å². The van der Waals surface area contributed by atoms with E-state index in [1.165, 1.54) is 6.08 Å². The van der Waals surface area contributed by atoms with Gasteiger partial charge in [0.2, 0.25) is 0 Å². The van der Waals surface area contributed by atoms with E-state index in [1.807, 2.05) is 4.90 Å². The molecule has 4 nitrogen and oxygen atoms in total. The van der Waals surface area contributed by atoms with Crippen molar-refractivity contribution in [2.45, 2.75) is 24.9 Å². The molecule has 2 aliphatic heterocycles. The maximum Gasteiger partial charge on any atom is 0.324 e. The van der Waals surface area contributed by atoms with Crippen LogP contribution in [0.2, 0.25) is 0 Å². The highest BCUT2D eigenvalue weighted by Crippen LogP contribution is 2.30. The standard InChI is InChI=1S/C11H17NO3/c1-2-9(11(13)14)12-5-3-4-8-6-15-7-10(8)12/h2,8-10H,1,3-7H2,(H,13,14). The van der Waals surface area contributed by atoms with Gasteiger partial charge in [0, 0.05) is 12.0 Å². The number of hydrogen-bond acceptors (Lipinski definition) is 3. The molecule has 1 N–H and O–H groups in total. The average Bonchev–Trinajstić information content (AvgIpc) is 2.66. The third-order valence-corrected chi connectivity index (χ3v) is 3.42. The van der Waals surface area contributed by atoms with E-state index in [4.69, 9.17) is 9.84 Å². The van der Waals surface area contributed by atoms with Gasteiger partial charge in [-0.15, -0.1) is 6.58 Å². The predicted molar refractivity (Wildman–Crippen MR) is 55.7 cm³/mol. The number of piperidine rings is 1. The molecule has 84 valence electrons. The van der Waals surface area contributed by atoms with Crippen LogP contribution in [0, 0.1) is 5.92 Å². The predicted octanol–water partition coefficient (Wildman–Crippen LogP) is 0.736. The van der Waals surface area contributed by atoms with Crippen LogP contribution in [0.1, 0.15) is 12.8 Å². The topological polar surface area (TPSA) is 49.8 Å². The van der Waals surface area contributed by atoms with Gasteiger partial charge < -0.3 is 9.84 Å². The number of likely N-dealkylation sites (tertiary alicyclic amines) is 1. The lowest BCUT2D eigenvalue weighted by molar-refractivity contribution is -0.143. The summed E-state index contributed by atoms with van der Waals surface area (Å²) in [4.78, 5) is 13.1. The first-order valence-electron chi connectivity index (χ1n) is 5.43. The molecule has 0 amide bonds. The van der Waals surface area contributed by atoms with Crippen LogP contribution in [0.25, 0.3) is 0 Å². The highest BCUT2D eigenvalue weighted by molar-refractivity contribution is 5.75. The molecule has 2 fully saturated rings. The van der Waals surface area contributed by atoms with E-state index in [-0.39, 0.29) is 6.04 Å². The highest BCUT2D eigenvalue weighted by Gasteiger charge is 2.40. The summed E-state index contributed by atoms with van der Waals surface area (Å²) in [7, 11) is 0. The number of carboxylic acid groups (broad SMARTS) is 1. The van der Waals surface area contributed by atoms with Gasteiger partial charge in [-0.25, -0.2) is 0 Å². The van der Waals surface area contributed by atoms with Crippen LogP contribution in [0.5, 0.6) is 0 Å². The van der Waals surface area contributed by atoms with Crippen LogP contribution in [0.15, 0.2) is 12.7 Å². The Balaban J connectivity index is 2.12. The largest absolute Gasteiger partial charge is 0.480 e. The van der Waals surface area contributed by atoms with Gasteiger partial charge in [0.05, 0.1) is 13.2 Å². The second kappa shape index (κ2) is 4.33. The number of fused-ring (bicyclic) bond motifs is 1. The van der Waals surface area contributed by atoms with Crippen LogP contribution in [0.3, 0.4) is 0 Å². The second-order valence-electron chi connectivity index (χ2n) is 4.26. The average molecular weight is 211 g/mol. The minimum absolute atomic E-state index is 0.276. The number of hydrogen-bond donors (Lipinski definition) is 1. The monoisotopic (exact) mass is 211 g/mol. The van der Waals surface area contributed by atoms with Crippen molar-refractivity contribution in [1.29, 1.82) is 0 Å². The van der Waals surface area contributed by atoms with Gasteiger partial charge in [0.15, 0.2) is 0 Å². The van der Waals surface area contributed by atoms with Gasteiger partial charge in [-0.3, -0.25) is 9.69 Å². The van der Waals surface area contributed by atoms with Crippen molar-refractivity contribution >= 4 is 5.97 Å². The Hall–Kier alpha value is -0.870. The maximum absolute atomic E-state index is 11.1. The van der Waals surface area contributed by atoms with Crippen LogP contribution in [-0.2, 0) is 9.53 Å². The third-order valence-electron chi connectivity index (χ3n) is 3.42. The molecule has 2 rings (SSSR count). The van der Waals surface area contributed by atoms with E-state index in [9.17, 15) is 4.79 Å². The van der Waals surface area contributed by atoms with Gasteiger partial charge in [0.25, 0.3) is 0 Å². The van der Waals surface area contributed by atoms with Gasteiger partial charge in [-0.2, -0.15) is 0 Å². The second-order valence-corrected chi connectivity index (χ2v) is 4.26. The summed E-state index contributed by atoms with van der Waals surface area (Å²) in [6.07, 6.45) is 3.73. The molecule has 0 aromatic carbocycles. The zero-order chi connectivity index (χ0) is 10.8. The Labute approximate surface area is 89.5 Å². The lowest BCUT2D eigenvalue weighted by Crippen LogP contribution is -2.52. The van der Waals surface area contributed by atoms with E-state index in [0.717, 1.165) is 26.0 Å². The molecule has 0 spiro atoms. The minimum Gasteiger partial charge on any atom is -0.480 e. The molecule has 3 atom stereocenters. The lowest BCUT2D eigenvalue weighted by Gasteiger charge is -2.38. The summed E-state index contributed by atoms with van der Waals surface area (Å²) in [6.45, 7) is 5.90. The van der Waals surface area contributed by atoms with E-state index < -0.39 is 12.0 Å². The third kappa shape index (κ3) is 1.92. The van der Waals surface area contributed by atoms with E-state index in [1.54, 1.807) is 0 Å². The Morgan fingerprint density at radius 3 is 3.07 bits per heavy atom. The smallest absolute Gasteiger partial charge is 0.324 e. The van der Waals surface area contributed by atoms with Crippen molar-refractivity contribution in [2.24, 2.45) is 5.92 Å². The molecular formula is C11H17NO3. The molecule has 2 saturated heterocycles. The molecule has 3 unspecified atom stereocenters. The van der Waals surface area contributed by atoms with Crippen LogP contribution < -0.4 is 0 Å². The van der Waals surface area contributed by atoms with E-state index in [0.29, 0.717) is 12.5 Å². The summed E-state index contributed by atoms with van der Waals surface area (Å²) >= 11 is 0. The number of nitrogens with zero attached hydrogens (tertiary/aromatic N) is 1. The van der Waals surface area contributed by atoms with Crippen molar-refractivity contribution in [3.63, 3.8) is 0 Å². The minimum atomic E-state index is -0.808. The molecule has 4 heteroatoms. The number of carboxylic acids is 1. The molecule has 2 aliphatic rings. The Bertz CT molecular complexity index is 267. The first-order valence-corrected chi connectivity index (χ1v) is 5.43. The molecule has 15 heavy (non-hydrogen) atoms. The van der Waals surface area contributed by atoms with Crippen LogP contribution in [-0.4, -0.2) is 47.8 Å². The summed E-state index contributed by atoms with van der Waals surface area (Å²) < 4.78 is 5.43. The fourth-order valence-electron chi connectivity index (χ4n) is 2.65. The molecule has 0 aliphatic carbocycles. The van der Waals surface area contributed by atoms with Crippen molar-refractivity contribution in [3.8, 4) is 0 Å². The quantitative estimate of drug-likeness (QED) is 0.699. The molecule has 0 radical (unpaired) electrons. The van der Waals surface area contributed by atoms with Gasteiger partial charge in [-0.1, -0.05) is 6.08 Å². The fourth-order valence-corrected chi connectivity index (χ4v) is 2.65. The Morgan fingerprint density at radius 2 is 2.40 bits per heavy atom. The van der Waals surface area contributed by atoms with Crippen molar-refractivity contribution < 1.29 is 14.6 Å². The van der Waals surface area contributed by atoms with E-state index in [2.05, 4.69) is 6.58 Å². The Morgan fingerprint density at radius 1 is 1.60 bits per heavy atom. The molecular weight excluding hydrogens is 194 g/mol. The molecule has 0 saturated carbocycles. The molecule has 0 aromatic rings. The summed E-state index contributed by atoms with van der Waals surface area (Å²) in [5, 5.41) is 9.09. The zero-order valence-corrected chi connectivity index (χ0v) is 8.76. The summed E-state index contributed by atoms with van der Waals surface area (Å²) in [5.41, 5.74) is 0. The van der Waals surface area contributed by atoms with Crippen LogP contribution in [0.4, 0.5) is 0 Å². The van der Waals surface area contributed by atoms with Gasteiger partial charge in [-0.05, 0) is 19.4 Å². The van der Waals surface area contributed by atoms with Crippen molar-refractivity contribution in [2.75, 3.05) is 19.8 Å². The normalized spacial score (nSPS) is 33.3. The first kappa shape index (κ1) is 10.6. The zero-order valence-electron chi connectivity index (χ0n) is 8.76. The number of aliphatic carboxylic acids is 1. The van der Waals surface area contributed by atoms with Crippen LogP contribution >= 0.6 is 0 Å². The number of carbonyl (C=O) groups is 1. The first-order chi connectivity index (χ1) is 7.24. The SMILES string of the molecule is C=CC(C(=O)O)N1CCCC2COCC21. The van der Waals surface area contributed by atoms with Crippen molar-refractivity contribution in [3.05, 3.63) is 12.7 Å². The maximum atomic E-state index is 11.1. The highest BCUT2D eigenvalue weighted by atomic mass is 16.5. The molecule has 0 aromatic heterocycles. The van der Waals surface area contributed by atoms with E-state index >= 15 is 0 Å². The number of rotatable bonds is 3.